The van der Waals surface area contributed by atoms with Gasteiger partial charge in [0.2, 0.25) is 0 Å². The standard InChI is InChI=1S/C19H26O3.C3H8/c1-19-7-6-14-13-3-2-12(21)9-15(13)11(10-20)8-16(14)17(19)4-5-18(19)22;1-3-2/h2-3,9,11,14,16-18,20-22H,4-8,10H2,1H3;3H2,1-2H3. The Morgan fingerprint density at radius 1 is 1.12 bits per heavy atom. The van der Waals surface area contributed by atoms with Crippen molar-refractivity contribution >= 4 is 0 Å². The quantitative estimate of drug-likeness (QED) is 0.698. The van der Waals surface area contributed by atoms with Crippen molar-refractivity contribution in [3.8, 4) is 5.75 Å². The number of phenols is 1. The van der Waals surface area contributed by atoms with E-state index in [0.29, 0.717) is 23.5 Å². The molecule has 3 N–H and O–H groups in total. The highest BCUT2D eigenvalue weighted by Crippen LogP contribution is 2.62. The number of fused-ring (bicyclic) bond motifs is 5. The third-order valence-corrected chi connectivity index (χ3v) is 7.07. The average Bonchev–Trinajstić information content (AvgIpc) is 2.90. The zero-order valence-corrected chi connectivity index (χ0v) is 15.9. The van der Waals surface area contributed by atoms with Crippen molar-refractivity contribution in [1.29, 1.82) is 0 Å². The summed E-state index contributed by atoms with van der Waals surface area (Å²) >= 11 is 0. The molecule has 3 nitrogen and oxygen atoms in total. The van der Waals surface area contributed by atoms with E-state index in [1.165, 1.54) is 12.0 Å². The van der Waals surface area contributed by atoms with Gasteiger partial charge in [0.1, 0.15) is 5.75 Å². The fourth-order valence-electron chi connectivity index (χ4n) is 5.86. The summed E-state index contributed by atoms with van der Waals surface area (Å²) in [6.45, 7) is 6.66. The Morgan fingerprint density at radius 3 is 2.52 bits per heavy atom. The largest absolute Gasteiger partial charge is 0.508 e. The Morgan fingerprint density at radius 2 is 1.84 bits per heavy atom. The minimum Gasteiger partial charge on any atom is -0.508 e. The SMILES string of the molecule is CC12CCC3c4ccc(O)cc4C(CO)CC3C1CCC2O.CCC. The molecular weight excluding hydrogens is 312 g/mol. The maximum Gasteiger partial charge on any atom is 0.115 e. The normalized spacial score (nSPS) is 38.8. The molecule has 3 aliphatic rings. The van der Waals surface area contributed by atoms with E-state index in [9.17, 15) is 15.3 Å². The summed E-state index contributed by atoms with van der Waals surface area (Å²) < 4.78 is 0. The predicted octanol–water partition coefficient (Wildman–Crippen LogP) is 4.56. The van der Waals surface area contributed by atoms with Crippen LogP contribution in [0.2, 0.25) is 0 Å². The van der Waals surface area contributed by atoms with E-state index in [1.807, 2.05) is 6.07 Å². The molecule has 6 unspecified atom stereocenters. The molecule has 6 atom stereocenters. The van der Waals surface area contributed by atoms with Gasteiger partial charge in [0.15, 0.2) is 0 Å². The molecule has 4 rings (SSSR count). The molecular formula is C22H34O3. The summed E-state index contributed by atoms with van der Waals surface area (Å²) in [5.41, 5.74) is 2.54. The first-order valence-electron chi connectivity index (χ1n) is 10.1. The average molecular weight is 347 g/mol. The van der Waals surface area contributed by atoms with Crippen molar-refractivity contribution < 1.29 is 15.3 Å². The van der Waals surface area contributed by atoms with Gasteiger partial charge in [0, 0.05) is 12.5 Å². The van der Waals surface area contributed by atoms with Crippen molar-refractivity contribution in [2.24, 2.45) is 17.3 Å². The molecule has 140 valence electrons. The zero-order valence-electron chi connectivity index (χ0n) is 15.9. The molecule has 0 aromatic heterocycles. The number of rotatable bonds is 1. The molecule has 25 heavy (non-hydrogen) atoms. The number of aromatic hydroxyl groups is 1. The maximum absolute atomic E-state index is 10.4. The van der Waals surface area contributed by atoms with Gasteiger partial charge in [0.25, 0.3) is 0 Å². The summed E-state index contributed by atoms with van der Waals surface area (Å²) in [7, 11) is 0. The Labute approximate surface area is 152 Å². The summed E-state index contributed by atoms with van der Waals surface area (Å²) in [6, 6.07) is 5.70. The lowest BCUT2D eigenvalue weighted by molar-refractivity contribution is -0.0265. The minimum atomic E-state index is -0.160. The van der Waals surface area contributed by atoms with Gasteiger partial charge in [-0.15, -0.1) is 0 Å². The first-order valence-corrected chi connectivity index (χ1v) is 10.1. The number of aliphatic hydroxyl groups is 2. The molecule has 0 saturated heterocycles. The highest BCUT2D eigenvalue weighted by molar-refractivity contribution is 5.42. The third kappa shape index (κ3) is 3.10. The number of phenolic OH excluding ortho intramolecular Hbond substituents is 1. The van der Waals surface area contributed by atoms with Gasteiger partial charge in [-0.05, 0) is 78.5 Å². The second kappa shape index (κ2) is 7.28. The zero-order chi connectivity index (χ0) is 18.2. The lowest BCUT2D eigenvalue weighted by atomic mass is 9.54. The minimum absolute atomic E-state index is 0.0651. The molecule has 0 heterocycles. The van der Waals surface area contributed by atoms with E-state index in [2.05, 4.69) is 26.8 Å². The summed E-state index contributed by atoms with van der Waals surface area (Å²) in [5, 5.41) is 30.1. The van der Waals surface area contributed by atoms with E-state index in [0.717, 1.165) is 37.7 Å². The second-order valence-electron chi connectivity index (χ2n) is 8.65. The van der Waals surface area contributed by atoms with Gasteiger partial charge in [0.05, 0.1) is 6.10 Å². The van der Waals surface area contributed by atoms with Crippen LogP contribution in [0, 0.1) is 17.3 Å². The Balaban J connectivity index is 0.000000569. The Hall–Kier alpha value is -1.06. The van der Waals surface area contributed by atoms with Crippen LogP contribution in [0.4, 0.5) is 0 Å². The molecule has 1 aromatic rings. The fraction of sp³-hybridized carbons (Fsp3) is 0.727. The highest BCUT2D eigenvalue weighted by Gasteiger charge is 2.55. The number of hydrogen-bond acceptors (Lipinski definition) is 3. The van der Waals surface area contributed by atoms with Crippen LogP contribution >= 0.6 is 0 Å². The van der Waals surface area contributed by atoms with Crippen LogP contribution in [-0.2, 0) is 0 Å². The molecule has 0 radical (unpaired) electrons. The van der Waals surface area contributed by atoms with E-state index < -0.39 is 0 Å². The van der Waals surface area contributed by atoms with E-state index in [1.54, 1.807) is 6.07 Å². The van der Waals surface area contributed by atoms with Crippen molar-refractivity contribution in [2.45, 2.75) is 77.2 Å². The van der Waals surface area contributed by atoms with Gasteiger partial charge < -0.3 is 15.3 Å². The Kier molecular flexibility index (Phi) is 5.45. The van der Waals surface area contributed by atoms with Crippen LogP contribution in [0.3, 0.4) is 0 Å². The second-order valence-corrected chi connectivity index (χ2v) is 8.65. The van der Waals surface area contributed by atoms with Crippen molar-refractivity contribution in [3.05, 3.63) is 29.3 Å². The summed E-state index contributed by atoms with van der Waals surface area (Å²) in [5.74, 6) is 2.08. The van der Waals surface area contributed by atoms with Gasteiger partial charge in [-0.3, -0.25) is 0 Å². The van der Waals surface area contributed by atoms with Gasteiger partial charge >= 0.3 is 0 Å². The van der Waals surface area contributed by atoms with Crippen LogP contribution in [0.15, 0.2) is 18.2 Å². The first-order chi connectivity index (χ1) is 12.0. The lowest BCUT2D eigenvalue weighted by Crippen LogP contribution is -2.44. The van der Waals surface area contributed by atoms with Crippen molar-refractivity contribution in [1.82, 2.24) is 0 Å². The molecule has 0 amide bonds. The highest BCUT2D eigenvalue weighted by atomic mass is 16.3. The van der Waals surface area contributed by atoms with Crippen molar-refractivity contribution in [3.63, 3.8) is 0 Å². The first kappa shape index (κ1) is 18.7. The number of hydrogen-bond donors (Lipinski definition) is 3. The predicted molar refractivity (Wildman–Crippen MR) is 101 cm³/mol. The molecule has 2 fully saturated rings. The van der Waals surface area contributed by atoms with Crippen LogP contribution in [0.25, 0.3) is 0 Å². The molecule has 3 aliphatic carbocycles. The van der Waals surface area contributed by atoms with E-state index in [4.69, 9.17) is 0 Å². The van der Waals surface area contributed by atoms with E-state index >= 15 is 0 Å². The molecule has 1 aromatic carbocycles. The molecule has 3 heteroatoms. The van der Waals surface area contributed by atoms with Gasteiger partial charge in [-0.1, -0.05) is 33.3 Å². The fourth-order valence-corrected chi connectivity index (χ4v) is 5.86. The summed E-state index contributed by atoms with van der Waals surface area (Å²) in [4.78, 5) is 0. The van der Waals surface area contributed by atoms with E-state index in [-0.39, 0.29) is 24.0 Å². The number of aliphatic hydroxyl groups excluding tert-OH is 2. The topological polar surface area (TPSA) is 60.7 Å². The third-order valence-electron chi connectivity index (χ3n) is 7.07. The van der Waals surface area contributed by atoms with Crippen LogP contribution < -0.4 is 0 Å². The molecule has 0 aliphatic heterocycles. The number of benzene rings is 1. The van der Waals surface area contributed by atoms with Crippen LogP contribution in [-0.4, -0.2) is 28.0 Å². The monoisotopic (exact) mass is 346 g/mol. The van der Waals surface area contributed by atoms with Crippen LogP contribution in [0.5, 0.6) is 5.75 Å². The lowest BCUT2D eigenvalue weighted by Gasteiger charge is -2.51. The Bertz CT molecular complexity index is 599. The summed E-state index contributed by atoms with van der Waals surface area (Å²) in [6.07, 6.45) is 6.33. The van der Waals surface area contributed by atoms with Crippen LogP contribution in [0.1, 0.15) is 82.3 Å². The van der Waals surface area contributed by atoms with Crippen molar-refractivity contribution in [2.75, 3.05) is 6.61 Å². The molecule has 2 saturated carbocycles. The van der Waals surface area contributed by atoms with Gasteiger partial charge in [-0.2, -0.15) is 0 Å². The maximum atomic E-state index is 10.4. The van der Waals surface area contributed by atoms with Gasteiger partial charge in [-0.25, -0.2) is 0 Å². The smallest absolute Gasteiger partial charge is 0.115 e. The molecule has 0 bridgehead atoms. The molecule has 0 spiro atoms.